The average molecular weight is 248 g/mol. The summed E-state index contributed by atoms with van der Waals surface area (Å²) in [5, 5.41) is 13.3. The lowest BCUT2D eigenvalue weighted by Gasteiger charge is -1.99. The summed E-state index contributed by atoms with van der Waals surface area (Å²) in [4.78, 5) is 21.5. The maximum absolute atomic E-state index is 11.4. The molecule has 0 saturated heterocycles. The average Bonchev–Trinajstić information content (AvgIpc) is 2.37. The Balaban J connectivity index is 2.58. The van der Waals surface area contributed by atoms with Gasteiger partial charge in [-0.05, 0) is 18.1 Å². The van der Waals surface area contributed by atoms with Gasteiger partial charge >= 0.3 is 0 Å². The zero-order valence-electron chi connectivity index (χ0n) is 10.3. The molecule has 0 atom stereocenters. The van der Waals surface area contributed by atoms with Crippen LogP contribution < -0.4 is 5.32 Å². The number of nitro benzene ring substituents is 1. The molecule has 5 nitrogen and oxygen atoms in total. The Kier molecular flexibility index (Phi) is 5.57. The van der Waals surface area contributed by atoms with Gasteiger partial charge in [-0.3, -0.25) is 14.9 Å². The number of rotatable bonds is 6. The van der Waals surface area contributed by atoms with Crippen molar-refractivity contribution in [2.24, 2.45) is 0 Å². The van der Waals surface area contributed by atoms with Gasteiger partial charge in [0.1, 0.15) is 0 Å². The predicted molar refractivity (Wildman–Crippen MR) is 70.0 cm³/mol. The third-order valence-corrected chi connectivity index (χ3v) is 2.34. The standard InChI is InChI=1S/C13H16N2O3/c1-2-3-9-14-13(16)8-7-11-5-4-6-12(10-11)15(17)18/h4-8,10H,2-3,9H2,1H3,(H,14,16)/b8-7-. The molecule has 0 unspecified atom stereocenters. The van der Waals surface area contributed by atoms with Crippen molar-refractivity contribution in [1.82, 2.24) is 5.32 Å². The number of hydrogen-bond acceptors (Lipinski definition) is 3. The van der Waals surface area contributed by atoms with E-state index >= 15 is 0 Å². The van der Waals surface area contributed by atoms with E-state index in [-0.39, 0.29) is 11.6 Å². The highest BCUT2D eigenvalue weighted by Gasteiger charge is 2.03. The van der Waals surface area contributed by atoms with Crippen LogP contribution in [0.4, 0.5) is 5.69 Å². The minimum absolute atomic E-state index is 0.0172. The molecule has 0 bridgehead atoms. The molecule has 0 spiro atoms. The normalized spacial score (nSPS) is 10.5. The fraction of sp³-hybridized carbons (Fsp3) is 0.308. The Morgan fingerprint density at radius 2 is 2.28 bits per heavy atom. The van der Waals surface area contributed by atoms with Crippen LogP contribution in [0.5, 0.6) is 0 Å². The van der Waals surface area contributed by atoms with E-state index in [0.29, 0.717) is 12.1 Å². The second-order valence-corrected chi connectivity index (χ2v) is 3.83. The van der Waals surface area contributed by atoms with Gasteiger partial charge in [0.25, 0.3) is 5.69 Å². The fourth-order valence-electron chi connectivity index (χ4n) is 1.36. The van der Waals surface area contributed by atoms with Gasteiger partial charge in [-0.25, -0.2) is 0 Å². The largest absolute Gasteiger partial charge is 0.353 e. The predicted octanol–water partition coefficient (Wildman–Crippen LogP) is 2.52. The van der Waals surface area contributed by atoms with Gasteiger partial charge in [0, 0.05) is 24.8 Å². The maximum atomic E-state index is 11.4. The molecule has 0 fully saturated rings. The summed E-state index contributed by atoms with van der Waals surface area (Å²) in [6, 6.07) is 6.14. The van der Waals surface area contributed by atoms with Crippen molar-refractivity contribution in [1.29, 1.82) is 0 Å². The van der Waals surface area contributed by atoms with Crippen LogP contribution >= 0.6 is 0 Å². The molecule has 0 aromatic heterocycles. The Morgan fingerprint density at radius 1 is 1.50 bits per heavy atom. The molecule has 1 N–H and O–H groups in total. The molecule has 0 aliphatic carbocycles. The maximum Gasteiger partial charge on any atom is 0.270 e. The number of nitro groups is 1. The molecule has 5 heteroatoms. The molecule has 1 aromatic carbocycles. The molecule has 1 aromatic rings. The topological polar surface area (TPSA) is 72.2 Å². The number of non-ortho nitro benzene ring substituents is 1. The highest BCUT2D eigenvalue weighted by atomic mass is 16.6. The van der Waals surface area contributed by atoms with Crippen LogP contribution in [-0.2, 0) is 4.79 Å². The Morgan fingerprint density at radius 3 is 2.94 bits per heavy atom. The van der Waals surface area contributed by atoms with Gasteiger partial charge in [-0.2, -0.15) is 0 Å². The quantitative estimate of drug-likeness (QED) is 0.364. The summed E-state index contributed by atoms with van der Waals surface area (Å²) in [5.41, 5.74) is 0.651. The molecule has 0 radical (unpaired) electrons. The number of carbonyl (C=O) groups is 1. The zero-order chi connectivity index (χ0) is 13.4. The van der Waals surface area contributed by atoms with Gasteiger partial charge in [0.2, 0.25) is 5.91 Å². The van der Waals surface area contributed by atoms with Gasteiger partial charge in [0.15, 0.2) is 0 Å². The molecule has 1 rings (SSSR count). The van der Waals surface area contributed by atoms with Crippen molar-refractivity contribution in [3.63, 3.8) is 0 Å². The minimum Gasteiger partial charge on any atom is -0.353 e. The zero-order valence-corrected chi connectivity index (χ0v) is 10.3. The van der Waals surface area contributed by atoms with Gasteiger partial charge in [-0.15, -0.1) is 0 Å². The first-order valence-corrected chi connectivity index (χ1v) is 5.84. The molecule has 0 aliphatic heterocycles. The smallest absolute Gasteiger partial charge is 0.270 e. The van der Waals surface area contributed by atoms with E-state index in [9.17, 15) is 14.9 Å². The first-order chi connectivity index (χ1) is 8.63. The van der Waals surface area contributed by atoms with Crippen molar-refractivity contribution in [3.8, 4) is 0 Å². The molecule has 96 valence electrons. The summed E-state index contributed by atoms with van der Waals surface area (Å²) in [7, 11) is 0. The summed E-state index contributed by atoms with van der Waals surface area (Å²) in [6.45, 7) is 2.69. The molecular weight excluding hydrogens is 232 g/mol. The lowest BCUT2D eigenvalue weighted by Crippen LogP contribution is -2.21. The summed E-state index contributed by atoms with van der Waals surface area (Å²) < 4.78 is 0. The third kappa shape index (κ3) is 4.78. The lowest BCUT2D eigenvalue weighted by molar-refractivity contribution is -0.384. The van der Waals surface area contributed by atoms with E-state index in [4.69, 9.17) is 0 Å². The van der Waals surface area contributed by atoms with Crippen molar-refractivity contribution in [2.75, 3.05) is 6.54 Å². The highest BCUT2D eigenvalue weighted by Crippen LogP contribution is 2.13. The first-order valence-electron chi connectivity index (χ1n) is 5.84. The molecule has 0 heterocycles. The lowest BCUT2D eigenvalue weighted by atomic mass is 10.2. The van der Waals surface area contributed by atoms with E-state index < -0.39 is 4.92 Å². The summed E-state index contributed by atoms with van der Waals surface area (Å²) in [5.74, 6) is -0.185. The van der Waals surface area contributed by atoms with E-state index in [2.05, 4.69) is 5.32 Å². The Hall–Kier alpha value is -2.17. The number of amides is 1. The molecule has 18 heavy (non-hydrogen) atoms. The van der Waals surface area contributed by atoms with Crippen LogP contribution in [0.3, 0.4) is 0 Å². The number of benzene rings is 1. The van der Waals surface area contributed by atoms with Crippen molar-refractivity contribution in [3.05, 3.63) is 46.0 Å². The Bertz CT molecular complexity index is 455. The van der Waals surface area contributed by atoms with Gasteiger partial charge in [-0.1, -0.05) is 25.5 Å². The van der Waals surface area contributed by atoms with Crippen LogP contribution in [0.1, 0.15) is 25.3 Å². The van der Waals surface area contributed by atoms with Crippen LogP contribution in [-0.4, -0.2) is 17.4 Å². The van der Waals surface area contributed by atoms with Gasteiger partial charge in [0.05, 0.1) is 4.92 Å². The van der Waals surface area contributed by atoms with E-state index in [1.165, 1.54) is 18.2 Å². The van der Waals surface area contributed by atoms with Crippen molar-refractivity contribution in [2.45, 2.75) is 19.8 Å². The van der Waals surface area contributed by atoms with Gasteiger partial charge < -0.3 is 5.32 Å². The second-order valence-electron chi connectivity index (χ2n) is 3.83. The first kappa shape index (κ1) is 13.9. The molecule has 0 saturated carbocycles. The third-order valence-electron chi connectivity index (χ3n) is 2.34. The van der Waals surface area contributed by atoms with E-state index in [1.54, 1.807) is 18.2 Å². The van der Waals surface area contributed by atoms with E-state index in [1.807, 2.05) is 6.92 Å². The summed E-state index contributed by atoms with van der Waals surface area (Å²) >= 11 is 0. The van der Waals surface area contributed by atoms with Crippen molar-refractivity contribution >= 4 is 17.7 Å². The Labute approximate surface area is 106 Å². The number of hydrogen-bond donors (Lipinski definition) is 1. The second kappa shape index (κ2) is 7.21. The van der Waals surface area contributed by atoms with Crippen LogP contribution in [0, 0.1) is 10.1 Å². The minimum atomic E-state index is -0.460. The van der Waals surface area contributed by atoms with Crippen molar-refractivity contribution < 1.29 is 9.72 Å². The molecular formula is C13H16N2O3. The summed E-state index contributed by atoms with van der Waals surface area (Å²) in [6.07, 6.45) is 4.91. The molecule has 1 amide bonds. The number of carbonyl (C=O) groups excluding carboxylic acids is 1. The van der Waals surface area contributed by atoms with Crippen LogP contribution in [0.25, 0.3) is 6.08 Å². The fourth-order valence-corrected chi connectivity index (χ4v) is 1.36. The SMILES string of the molecule is CCCCNC(=O)/C=C\c1cccc([N+](=O)[O-])c1. The number of nitrogens with one attached hydrogen (secondary N) is 1. The van der Waals surface area contributed by atoms with E-state index in [0.717, 1.165) is 12.8 Å². The molecule has 0 aliphatic rings. The highest BCUT2D eigenvalue weighted by molar-refractivity contribution is 5.91. The monoisotopic (exact) mass is 248 g/mol. The number of unbranched alkanes of at least 4 members (excludes halogenated alkanes) is 1. The van der Waals surface area contributed by atoms with Crippen LogP contribution in [0.2, 0.25) is 0 Å². The number of nitrogens with zero attached hydrogens (tertiary/aromatic N) is 1. The van der Waals surface area contributed by atoms with Crippen LogP contribution in [0.15, 0.2) is 30.3 Å².